The van der Waals surface area contributed by atoms with Crippen molar-refractivity contribution in [2.45, 2.75) is 11.7 Å². The average Bonchev–Trinajstić information content (AvgIpc) is 2.60. The van der Waals surface area contributed by atoms with Crippen LogP contribution in [0.3, 0.4) is 0 Å². The van der Waals surface area contributed by atoms with Gasteiger partial charge in [0.2, 0.25) is 0 Å². The summed E-state index contributed by atoms with van der Waals surface area (Å²) >= 11 is 3.30. The predicted octanol–water partition coefficient (Wildman–Crippen LogP) is 1.55. The van der Waals surface area contributed by atoms with Crippen molar-refractivity contribution in [2.75, 3.05) is 19.8 Å². The van der Waals surface area contributed by atoms with E-state index in [4.69, 9.17) is 0 Å². The molecule has 1 saturated heterocycles. The first kappa shape index (κ1) is 12.4. The lowest BCUT2D eigenvalue weighted by molar-refractivity contribution is 0.153. The van der Waals surface area contributed by atoms with Crippen LogP contribution in [0.2, 0.25) is 0 Å². The summed E-state index contributed by atoms with van der Waals surface area (Å²) in [6.07, 6.45) is 1.08. The maximum absolute atomic E-state index is 10.7. The summed E-state index contributed by atoms with van der Waals surface area (Å²) in [6.45, 7) is 2.03. The van der Waals surface area contributed by atoms with E-state index < -0.39 is 6.09 Å². The highest BCUT2D eigenvalue weighted by atomic mass is 32.2. The van der Waals surface area contributed by atoms with Gasteiger partial charge in [-0.15, -0.1) is 0 Å². The zero-order chi connectivity index (χ0) is 11.3. The van der Waals surface area contributed by atoms with E-state index >= 15 is 0 Å². The zero-order valence-corrected chi connectivity index (χ0v) is 10.4. The molecule has 1 amide bonds. The molecule has 1 fully saturated rings. The summed E-state index contributed by atoms with van der Waals surface area (Å²) in [7, 11) is 3.25. The third kappa shape index (κ3) is 3.75. The number of hydrogen-bond donors (Lipinski definition) is 1. The molecule has 7 heteroatoms. The normalized spacial score (nSPS) is 28.6. The zero-order valence-electron chi connectivity index (χ0n) is 8.81. The molecule has 5 nitrogen and oxygen atoms in total. The van der Waals surface area contributed by atoms with Gasteiger partial charge in [0.15, 0.2) is 0 Å². The molecule has 1 heterocycles. The number of carbonyl (C=O) groups is 1. The molecule has 1 aliphatic rings. The van der Waals surface area contributed by atoms with Crippen LogP contribution in [-0.4, -0.2) is 41.3 Å². The van der Waals surface area contributed by atoms with Crippen molar-refractivity contribution < 1.29 is 9.63 Å². The number of hydrogen-bond acceptors (Lipinski definition) is 6. The van der Waals surface area contributed by atoms with Gasteiger partial charge in [0.05, 0.1) is 11.0 Å². The van der Waals surface area contributed by atoms with Crippen molar-refractivity contribution in [2.24, 2.45) is 10.1 Å². The number of aliphatic imine (C=N–C) groups is 1. The Labute approximate surface area is 97.1 Å². The van der Waals surface area contributed by atoms with Gasteiger partial charge >= 0.3 is 6.09 Å². The second-order valence-corrected chi connectivity index (χ2v) is 5.80. The Balaban J connectivity index is 2.47. The van der Waals surface area contributed by atoms with Crippen molar-refractivity contribution >= 4 is 40.2 Å². The largest absolute Gasteiger partial charge is 0.433 e. The van der Waals surface area contributed by atoms with Gasteiger partial charge in [-0.1, -0.05) is 28.7 Å². The van der Waals surface area contributed by atoms with Crippen molar-refractivity contribution in [1.29, 1.82) is 0 Å². The monoisotopic (exact) mass is 247 g/mol. The van der Waals surface area contributed by atoms with Crippen LogP contribution in [0, 0.1) is 0 Å². The van der Waals surface area contributed by atoms with Crippen molar-refractivity contribution in [1.82, 2.24) is 5.32 Å². The SMILES string of the molecule is CN=C1SCC(C)(/C=N/OC(=O)NC)S1. The molecule has 0 aromatic rings. The Morgan fingerprint density at radius 1 is 1.73 bits per heavy atom. The maximum atomic E-state index is 10.7. The van der Waals surface area contributed by atoms with E-state index in [1.165, 1.54) is 7.05 Å². The van der Waals surface area contributed by atoms with E-state index in [1.807, 2.05) is 6.92 Å². The second-order valence-electron chi connectivity index (χ2n) is 3.06. The lowest BCUT2D eigenvalue weighted by Gasteiger charge is -2.12. The fourth-order valence-corrected chi connectivity index (χ4v) is 3.46. The van der Waals surface area contributed by atoms with Crippen LogP contribution in [0.4, 0.5) is 4.79 Å². The Hall–Kier alpha value is -0.690. The van der Waals surface area contributed by atoms with Gasteiger partial charge in [-0.3, -0.25) is 9.83 Å². The molecule has 0 spiro atoms. The lowest BCUT2D eigenvalue weighted by Crippen LogP contribution is -2.23. The van der Waals surface area contributed by atoms with E-state index in [9.17, 15) is 4.79 Å². The lowest BCUT2D eigenvalue weighted by atomic mass is 10.2. The number of rotatable bonds is 2. The van der Waals surface area contributed by atoms with E-state index in [-0.39, 0.29) is 4.75 Å². The first-order valence-corrected chi connectivity index (χ1v) is 6.12. The predicted molar refractivity (Wildman–Crippen MR) is 65.8 cm³/mol. The topological polar surface area (TPSA) is 63.1 Å². The molecular weight excluding hydrogens is 234 g/mol. The molecule has 1 N–H and O–H groups in total. The number of oxime groups is 1. The molecule has 0 bridgehead atoms. The van der Waals surface area contributed by atoms with Gasteiger partial charge < -0.3 is 5.32 Å². The fraction of sp³-hybridized carbons (Fsp3) is 0.625. The van der Waals surface area contributed by atoms with Crippen LogP contribution < -0.4 is 5.32 Å². The number of nitrogens with zero attached hydrogens (tertiary/aromatic N) is 2. The highest BCUT2D eigenvalue weighted by Gasteiger charge is 2.33. The molecule has 1 aliphatic heterocycles. The van der Waals surface area contributed by atoms with Gasteiger partial charge in [-0.05, 0) is 6.92 Å². The van der Waals surface area contributed by atoms with Crippen LogP contribution in [0.5, 0.6) is 0 Å². The highest BCUT2D eigenvalue weighted by molar-refractivity contribution is 8.42. The molecule has 1 atom stereocenters. The minimum absolute atomic E-state index is 0.145. The van der Waals surface area contributed by atoms with Crippen LogP contribution in [0.25, 0.3) is 0 Å². The standard InChI is InChI=1S/C8H13N3O2S2/c1-8(4-11-13-6(12)9-2)5-14-7(10-3)15-8/h4H,5H2,1-3H3,(H,9,12)/b10-7?,11-4+. The first-order valence-electron chi connectivity index (χ1n) is 4.31. The summed E-state index contributed by atoms with van der Waals surface area (Å²) in [5.41, 5.74) is 0. The maximum Gasteiger partial charge on any atom is 0.433 e. The molecule has 0 aromatic heterocycles. The summed E-state index contributed by atoms with van der Waals surface area (Å²) < 4.78 is 0.886. The third-order valence-electron chi connectivity index (χ3n) is 1.65. The summed E-state index contributed by atoms with van der Waals surface area (Å²) in [6, 6.07) is 0. The van der Waals surface area contributed by atoms with Crippen LogP contribution in [-0.2, 0) is 4.84 Å². The summed E-state index contributed by atoms with van der Waals surface area (Å²) in [4.78, 5) is 19.4. The molecule has 0 aliphatic carbocycles. The van der Waals surface area contributed by atoms with Crippen molar-refractivity contribution in [3.8, 4) is 0 Å². The van der Waals surface area contributed by atoms with Gasteiger partial charge in [-0.2, -0.15) is 0 Å². The number of nitrogens with one attached hydrogen (secondary N) is 1. The second kappa shape index (κ2) is 5.41. The number of carbonyl (C=O) groups excluding carboxylic acids is 1. The average molecular weight is 247 g/mol. The fourth-order valence-electron chi connectivity index (χ4n) is 0.869. The van der Waals surface area contributed by atoms with E-state index in [1.54, 1.807) is 36.8 Å². The van der Waals surface area contributed by atoms with Gasteiger partial charge in [0.1, 0.15) is 4.38 Å². The molecular formula is C8H13N3O2S2. The van der Waals surface area contributed by atoms with Crippen LogP contribution in [0.1, 0.15) is 6.92 Å². The van der Waals surface area contributed by atoms with Gasteiger partial charge in [0.25, 0.3) is 0 Å². The molecule has 15 heavy (non-hydrogen) atoms. The molecule has 0 aromatic carbocycles. The minimum atomic E-state index is -0.560. The number of amides is 1. The highest BCUT2D eigenvalue weighted by Crippen LogP contribution is 2.40. The van der Waals surface area contributed by atoms with E-state index in [2.05, 4.69) is 20.3 Å². The summed E-state index contributed by atoms with van der Waals surface area (Å²) in [5, 5.41) is 5.95. The Bertz CT molecular complexity index is 306. The number of thioether (sulfide) groups is 2. The van der Waals surface area contributed by atoms with Gasteiger partial charge in [0, 0.05) is 19.8 Å². The first-order chi connectivity index (χ1) is 7.09. The van der Waals surface area contributed by atoms with E-state index in [0.717, 1.165) is 10.1 Å². The minimum Gasteiger partial charge on any atom is -0.323 e. The van der Waals surface area contributed by atoms with Crippen molar-refractivity contribution in [3.63, 3.8) is 0 Å². The molecule has 1 rings (SSSR count). The molecule has 84 valence electrons. The summed E-state index contributed by atoms with van der Waals surface area (Å²) in [5.74, 6) is 0.880. The molecule has 1 unspecified atom stereocenters. The van der Waals surface area contributed by atoms with Crippen LogP contribution in [0.15, 0.2) is 10.1 Å². The molecule has 0 saturated carbocycles. The Morgan fingerprint density at radius 2 is 2.47 bits per heavy atom. The Morgan fingerprint density at radius 3 is 3.00 bits per heavy atom. The smallest absolute Gasteiger partial charge is 0.323 e. The van der Waals surface area contributed by atoms with Gasteiger partial charge in [-0.25, -0.2) is 4.79 Å². The van der Waals surface area contributed by atoms with Crippen molar-refractivity contribution in [3.05, 3.63) is 0 Å². The van der Waals surface area contributed by atoms with Crippen LogP contribution >= 0.6 is 23.5 Å². The molecule has 0 radical (unpaired) electrons. The third-order valence-corrected chi connectivity index (χ3v) is 4.68. The quantitative estimate of drug-likeness (QED) is 0.457. The van der Waals surface area contributed by atoms with E-state index in [0.29, 0.717) is 0 Å². The Kier molecular flexibility index (Phi) is 4.46.